The summed E-state index contributed by atoms with van der Waals surface area (Å²) in [5.74, 6) is 0.406. The Bertz CT molecular complexity index is 572. The van der Waals surface area contributed by atoms with Crippen LogP contribution in [0.15, 0.2) is 29.6 Å². The Morgan fingerprint density at radius 3 is 2.94 bits per heavy atom. The second-order valence-corrected chi connectivity index (χ2v) is 4.07. The van der Waals surface area contributed by atoms with E-state index in [0.29, 0.717) is 18.9 Å². The van der Waals surface area contributed by atoms with E-state index in [-0.39, 0.29) is 5.56 Å². The van der Waals surface area contributed by atoms with Gasteiger partial charge in [0.25, 0.3) is 5.56 Å². The molecule has 6 nitrogen and oxygen atoms in total. The zero-order valence-electron chi connectivity index (χ0n) is 10.6. The molecule has 0 bridgehead atoms. The first kappa shape index (κ1) is 12.3. The molecule has 0 aromatic carbocycles. The maximum absolute atomic E-state index is 11.9. The molecule has 0 spiro atoms. The van der Waals surface area contributed by atoms with Gasteiger partial charge in [0, 0.05) is 38.7 Å². The molecule has 2 rings (SSSR count). The van der Waals surface area contributed by atoms with Gasteiger partial charge in [-0.1, -0.05) is 0 Å². The third-order valence-electron chi connectivity index (χ3n) is 2.72. The minimum atomic E-state index is -0.0776. The maximum atomic E-state index is 11.9. The van der Waals surface area contributed by atoms with Gasteiger partial charge in [0.15, 0.2) is 5.82 Å². The van der Waals surface area contributed by atoms with Gasteiger partial charge < -0.3 is 9.88 Å². The van der Waals surface area contributed by atoms with Crippen LogP contribution in [0.25, 0.3) is 0 Å². The van der Waals surface area contributed by atoms with E-state index in [0.717, 1.165) is 12.0 Å². The van der Waals surface area contributed by atoms with Crippen LogP contribution >= 0.6 is 0 Å². The summed E-state index contributed by atoms with van der Waals surface area (Å²) in [7, 11) is 1.88. The number of hydrogen-bond acceptors (Lipinski definition) is 4. The first-order valence-electron chi connectivity index (χ1n) is 5.97. The van der Waals surface area contributed by atoms with Gasteiger partial charge in [-0.3, -0.25) is 9.48 Å². The average Bonchev–Trinajstić information content (AvgIpc) is 2.77. The lowest BCUT2D eigenvalue weighted by Gasteiger charge is -2.06. The van der Waals surface area contributed by atoms with Crippen molar-refractivity contribution in [3.05, 3.63) is 40.7 Å². The van der Waals surface area contributed by atoms with Gasteiger partial charge in [-0.05, 0) is 18.9 Å². The number of rotatable bonds is 5. The molecule has 2 aromatic heterocycles. The summed E-state index contributed by atoms with van der Waals surface area (Å²) in [4.78, 5) is 15.9. The molecule has 0 saturated carbocycles. The number of nitrogens with one attached hydrogen (secondary N) is 1. The first-order chi connectivity index (χ1) is 8.70. The van der Waals surface area contributed by atoms with Gasteiger partial charge in [0.05, 0.1) is 6.20 Å². The Balaban J connectivity index is 1.96. The number of aryl methyl sites for hydroxylation is 2. The van der Waals surface area contributed by atoms with Crippen molar-refractivity contribution in [2.75, 3.05) is 11.9 Å². The second-order valence-electron chi connectivity index (χ2n) is 4.07. The molecule has 0 aliphatic heterocycles. The fraction of sp³-hybridized carbons (Fsp3) is 0.417. The number of aromatic nitrogens is 4. The second kappa shape index (κ2) is 5.48. The monoisotopic (exact) mass is 247 g/mol. The van der Waals surface area contributed by atoms with Gasteiger partial charge in [-0.15, -0.1) is 0 Å². The largest absolute Gasteiger partial charge is 0.365 e. The van der Waals surface area contributed by atoms with E-state index < -0.39 is 0 Å². The van der Waals surface area contributed by atoms with Crippen LogP contribution in [-0.2, 0) is 20.0 Å². The van der Waals surface area contributed by atoms with E-state index in [4.69, 9.17) is 0 Å². The van der Waals surface area contributed by atoms with Crippen molar-refractivity contribution < 1.29 is 0 Å². The molecule has 0 aliphatic carbocycles. The highest BCUT2D eigenvalue weighted by molar-refractivity contribution is 5.31. The van der Waals surface area contributed by atoms with Crippen molar-refractivity contribution >= 4 is 5.82 Å². The quantitative estimate of drug-likeness (QED) is 0.842. The predicted octanol–water partition coefficient (Wildman–Crippen LogP) is 0.651. The fourth-order valence-corrected chi connectivity index (χ4v) is 1.74. The van der Waals surface area contributed by atoms with E-state index in [2.05, 4.69) is 15.4 Å². The number of nitrogens with zero attached hydrogens (tertiary/aromatic N) is 4. The van der Waals surface area contributed by atoms with Crippen LogP contribution in [0, 0.1) is 0 Å². The lowest BCUT2D eigenvalue weighted by atomic mass is 10.2. The number of hydrogen-bond donors (Lipinski definition) is 1. The average molecular weight is 247 g/mol. The van der Waals surface area contributed by atoms with Gasteiger partial charge in [0.1, 0.15) is 0 Å². The highest BCUT2D eigenvalue weighted by Gasteiger charge is 2.03. The molecule has 0 atom stereocenters. The third kappa shape index (κ3) is 2.77. The van der Waals surface area contributed by atoms with E-state index in [1.54, 1.807) is 21.6 Å². The van der Waals surface area contributed by atoms with Crippen molar-refractivity contribution in [3.63, 3.8) is 0 Å². The zero-order valence-corrected chi connectivity index (χ0v) is 10.6. The Morgan fingerprint density at radius 1 is 1.44 bits per heavy atom. The minimum Gasteiger partial charge on any atom is -0.365 e. The van der Waals surface area contributed by atoms with Crippen molar-refractivity contribution in [1.82, 2.24) is 19.3 Å². The zero-order chi connectivity index (χ0) is 13.0. The Morgan fingerprint density at radius 2 is 2.28 bits per heavy atom. The Kier molecular flexibility index (Phi) is 3.76. The van der Waals surface area contributed by atoms with E-state index in [9.17, 15) is 4.79 Å². The Hall–Kier alpha value is -2.11. The van der Waals surface area contributed by atoms with Crippen LogP contribution in [0.5, 0.6) is 0 Å². The molecule has 96 valence electrons. The summed E-state index contributed by atoms with van der Waals surface area (Å²) in [5.41, 5.74) is 1.06. The van der Waals surface area contributed by atoms with Gasteiger partial charge in [-0.25, -0.2) is 4.98 Å². The SMILES string of the molecule is CCn1ccnc(NCCc2cnn(C)c2)c1=O. The molecule has 6 heteroatoms. The highest BCUT2D eigenvalue weighted by Crippen LogP contribution is 1.99. The maximum Gasteiger partial charge on any atom is 0.293 e. The molecule has 2 aromatic rings. The van der Waals surface area contributed by atoms with Crippen molar-refractivity contribution in [2.45, 2.75) is 19.9 Å². The lowest BCUT2D eigenvalue weighted by molar-refractivity contribution is 0.718. The molecular formula is C12H17N5O. The predicted molar refractivity (Wildman–Crippen MR) is 69.6 cm³/mol. The van der Waals surface area contributed by atoms with Crippen LogP contribution in [0.3, 0.4) is 0 Å². The molecule has 0 saturated heterocycles. The van der Waals surface area contributed by atoms with Crippen LogP contribution in [0.1, 0.15) is 12.5 Å². The van der Waals surface area contributed by atoms with E-state index in [1.807, 2.05) is 26.4 Å². The molecule has 2 heterocycles. The van der Waals surface area contributed by atoms with Gasteiger partial charge >= 0.3 is 0 Å². The van der Waals surface area contributed by atoms with Gasteiger partial charge in [0.2, 0.25) is 0 Å². The van der Waals surface area contributed by atoms with Crippen LogP contribution in [0.2, 0.25) is 0 Å². The summed E-state index contributed by atoms with van der Waals surface area (Å²) >= 11 is 0. The van der Waals surface area contributed by atoms with E-state index >= 15 is 0 Å². The standard InChI is InChI=1S/C12H17N5O/c1-3-17-7-6-14-11(12(17)18)13-5-4-10-8-15-16(2)9-10/h6-9H,3-5H2,1-2H3,(H,13,14). The summed E-state index contributed by atoms with van der Waals surface area (Å²) in [6.45, 7) is 3.25. The van der Waals surface area contributed by atoms with Crippen molar-refractivity contribution in [2.24, 2.45) is 7.05 Å². The summed E-state index contributed by atoms with van der Waals surface area (Å²) in [5, 5.41) is 7.16. The Labute approximate surface area is 105 Å². The summed E-state index contributed by atoms with van der Waals surface area (Å²) in [6.07, 6.45) is 7.93. The minimum absolute atomic E-state index is 0.0776. The van der Waals surface area contributed by atoms with Crippen LogP contribution in [-0.4, -0.2) is 25.9 Å². The highest BCUT2D eigenvalue weighted by atomic mass is 16.1. The molecule has 0 unspecified atom stereocenters. The smallest absolute Gasteiger partial charge is 0.293 e. The van der Waals surface area contributed by atoms with Crippen molar-refractivity contribution in [3.8, 4) is 0 Å². The summed E-state index contributed by atoms with van der Waals surface area (Å²) in [6, 6.07) is 0. The van der Waals surface area contributed by atoms with Gasteiger partial charge in [-0.2, -0.15) is 5.10 Å². The molecule has 0 amide bonds. The van der Waals surface area contributed by atoms with Crippen molar-refractivity contribution in [1.29, 1.82) is 0 Å². The first-order valence-corrected chi connectivity index (χ1v) is 5.97. The molecule has 1 N–H and O–H groups in total. The molecular weight excluding hydrogens is 230 g/mol. The van der Waals surface area contributed by atoms with Crippen LogP contribution < -0.4 is 10.9 Å². The van der Waals surface area contributed by atoms with Crippen LogP contribution in [0.4, 0.5) is 5.82 Å². The third-order valence-corrected chi connectivity index (χ3v) is 2.72. The summed E-state index contributed by atoms with van der Waals surface area (Å²) < 4.78 is 3.39. The molecule has 18 heavy (non-hydrogen) atoms. The molecule has 0 radical (unpaired) electrons. The molecule has 0 fully saturated rings. The molecule has 0 aliphatic rings. The number of anilines is 1. The van der Waals surface area contributed by atoms with E-state index in [1.165, 1.54) is 0 Å². The topological polar surface area (TPSA) is 64.7 Å². The lowest BCUT2D eigenvalue weighted by Crippen LogP contribution is -2.24. The fourth-order valence-electron chi connectivity index (χ4n) is 1.74. The normalized spacial score (nSPS) is 10.6.